The number of nitrogens with zero attached hydrogens (tertiary/aromatic N) is 3. The molecule has 5 nitrogen and oxygen atoms in total. The number of hydrogen-bond acceptors (Lipinski definition) is 4. The summed E-state index contributed by atoms with van der Waals surface area (Å²) >= 11 is 0. The maximum atomic E-state index is 10.2. The molecule has 0 radical (unpaired) electrons. The zero-order valence-corrected chi connectivity index (χ0v) is 5.98. The zero-order valence-electron chi connectivity index (χ0n) is 5.98. The zero-order chi connectivity index (χ0) is 8.27. The average Bonchev–Trinajstić information content (AvgIpc) is 1.93. The highest BCUT2D eigenvalue weighted by molar-refractivity contribution is 5.69. The minimum atomic E-state index is -0.921. The quantitative estimate of drug-likeness (QED) is 0.637. The van der Waals surface area contributed by atoms with Crippen LogP contribution < -0.4 is 0 Å². The molecule has 0 aliphatic carbocycles. The van der Waals surface area contributed by atoms with E-state index in [0.717, 1.165) is 0 Å². The van der Waals surface area contributed by atoms with Crippen LogP contribution in [0.4, 0.5) is 0 Å². The van der Waals surface area contributed by atoms with Crippen LogP contribution in [0.2, 0.25) is 0 Å². The van der Waals surface area contributed by atoms with Crippen molar-refractivity contribution >= 4 is 5.97 Å². The SMILES string of the molecule is Cc1ncnnc1CC(=O)O. The van der Waals surface area contributed by atoms with E-state index in [1.54, 1.807) is 6.92 Å². The molecule has 0 aliphatic heterocycles. The first-order valence-electron chi connectivity index (χ1n) is 3.05. The number of carboxylic acid groups (broad SMARTS) is 1. The molecule has 0 atom stereocenters. The van der Waals surface area contributed by atoms with Crippen molar-refractivity contribution in [3.05, 3.63) is 17.7 Å². The van der Waals surface area contributed by atoms with E-state index < -0.39 is 5.97 Å². The van der Waals surface area contributed by atoms with Gasteiger partial charge in [-0.05, 0) is 6.92 Å². The van der Waals surface area contributed by atoms with Gasteiger partial charge in [-0.25, -0.2) is 4.98 Å². The van der Waals surface area contributed by atoms with Crippen molar-refractivity contribution in [2.24, 2.45) is 0 Å². The van der Waals surface area contributed by atoms with Crippen molar-refractivity contribution in [1.29, 1.82) is 0 Å². The van der Waals surface area contributed by atoms with Gasteiger partial charge in [0.1, 0.15) is 6.33 Å². The molecule has 0 spiro atoms. The Balaban J connectivity index is 2.86. The molecular formula is C6H7N3O2. The van der Waals surface area contributed by atoms with Gasteiger partial charge in [0.15, 0.2) is 0 Å². The Labute approximate surface area is 63.1 Å². The van der Waals surface area contributed by atoms with Crippen LogP contribution >= 0.6 is 0 Å². The highest BCUT2D eigenvalue weighted by Crippen LogP contribution is 1.97. The van der Waals surface area contributed by atoms with E-state index in [2.05, 4.69) is 15.2 Å². The van der Waals surface area contributed by atoms with Crippen molar-refractivity contribution in [2.75, 3.05) is 0 Å². The summed E-state index contributed by atoms with van der Waals surface area (Å²) in [5, 5.41) is 15.5. The molecular weight excluding hydrogens is 146 g/mol. The second kappa shape index (κ2) is 3.05. The van der Waals surface area contributed by atoms with Crippen molar-refractivity contribution in [2.45, 2.75) is 13.3 Å². The second-order valence-electron chi connectivity index (χ2n) is 2.06. The average molecular weight is 153 g/mol. The van der Waals surface area contributed by atoms with E-state index in [1.165, 1.54) is 6.33 Å². The topological polar surface area (TPSA) is 76.0 Å². The van der Waals surface area contributed by atoms with Crippen molar-refractivity contribution < 1.29 is 9.90 Å². The Morgan fingerprint density at radius 3 is 3.00 bits per heavy atom. The fraction of sp³-hybridized carbons (Fsp3) is 0.333. The van der Waals surface area contributed by atoms with Crippen LogP contribution in [0.15, 0.2) is 6.33 Å². The monoisotopic (exact) mass is 153 g/mol. The molecule has 58 valence electrons. The number of hydrogen-bond donors (Lipinski definition) is 1. The van der Waals surface area contributed by atoms with Crippen LogP contribution in [0, 0.1) is 6.92 Å². The molecule has 0 aliphatic rings. The Morgan fingerprint density at radius 2 is 2.45 bits per heavy atom. The van der Waals surface area contributed by atoms with E-state index in [1.807, 2.05) is 0 Å². The van der Waals surface area contributed by atoms with E-state index in [4.69, 9.17) is 5.11 Å². The molecule has 1 heterocycles. The van der Waals surface area contributed by atoms with E-state index in [9.17, 15) is 4.79 Å². The van der Waals surface area contributed by atoms with Crippen LogP contribution in [-0.2, 0) is 11.2 Å². The molecule has 1 aromatic heterocycles. The molecule has 11 heavy (non-hydrogen) atoms. The highest BCUT2D eigenvalue weighted by Gasteiger charge is 2.05. The maximum Gasteiger partial charge on any atom is 0.309 e. The minimum Gasteiger partial charge on any atom is -0.481 e. The van der Waals surface area contributed by atoms with Crippen LogP contribution in [0.25, 0.3) is 0 Å². The van der Waals surface area contributed by atoms with Gasteiger partial charge in [0.2, 0.25) is 0 Å². The molecule has 0 unspecified atom stereocenters. The van der Waals surface area contributed by atoms with E-state index >= 15 is 0 Å². The molecule has 0 saturated heterocycles. The summed E-state index contributed by atoms with van der Waals surface area (Å²) in [5.41, 5.74) is 1.03. The molecule has 0 fully saturated rings. The number of carboxylic acids is 1. The lowest BCUT2D eigenvalue weighted by Gasteiger charge is -1.96. The van der Waals surface area contributed by atoms with Crippen LogP contribution in [0.1, 0.15) is 11.4 Å². The fourth-order valence-electron chi connectivity index (χ4n) is 0.661. The first-order valence-corrected chi connectivity index (χ1v) is 3.05. The largest absolute Gasteiger partial charge is 0.481 e. The lowest BCUT2D eigenvalue weighted by molar-refractivity contribution is -0.136. The number of aryl methyl sites for hydroxylation is 1. The summed E-state index contributed by atoms with van der Waals surface area (Å²) in [4.78, 5) is 14.0. The fourth-order valence-corrected chi connectivity index (χ4v) is 0.661. The summed E-state index contributed by atoms with van der Waals surface area (Å²) < 4.78 is 0. The van der Waals surface area contributed by atoms with E-state index in [-0.39, 0.29) is 6.42 Å². The third-order valence-corrected chi connectivity index (χ3v) is 1.22. The minimum absolute atomic E-state index is 0.118. The molecule has 1 rings (SSSR count). The third-order valence-electron chi connectivity index (χ3n) is 1.22. The maximum absolute atomic E-state index is 10.2. The molecule has 0 saturated carbocycles. The Morgan fingerprint density at radius 1 is 1.73 bits per heavy atom. The normalized spacial score (nSPS) is 9.55. The lowest BCUT2D eigenvalue weighted by Crippen LogP contribution is -2.06. The van der Waals surface area contributed by atoms with Crippen LogP contribution in [0.5, 0.6) is 0 Å². The van der Waals surface area contributed by atoms with Gasteiger partial charge in [-0.1, -0.05) is 0 Å². The molecule has 1 N–H and O–H groups in total. The Hall–Kier alpha value is -1.52. The van der Waals surface area contributed by atoms with Gasteiger partial charge in [-0.2, -0.15) is 5.10 Å². The molecule has 0 bridgehead atoms. The molecule has 1 aromatic rings. The van der Waals surface area contributed by atoms with Gasteiger partial charge in [0.05, 0.1) is 17.8 Å². The van der Waals surface area contributed by atoms with Crippen molar-refractivity contribution in [3.63, 3.8) is 0 Å². The molecule has 0 amide bonds. The number of aromatic nitrogens is 3. The molecule has 5 heteroatoms. The number of carbonyl (C=O) groups is 1. The van der Waals surface area contributed by atoms with Crippen LogP contribution in [-0.4, -0.2) is 26.3 Å². The predicted octanol–water partition coefficient (Wildman–Crippen LogP) is -0.193. The predicted molar refractivity (Wildman–Crippen MR) is 35.9 cm³/mol. The van der Waals surface area contributed by atoms with Gasteiger partial charge >= 0.3 is 5.97 Å². The molecule has 0 aromatic carbocycles. The summed E-state index contributed by atoms with van der Waals surface area (Å²) in [6.45, 7) is 1.70. The van der Waals surface area contributed by atoms with Crippen LogP contribution in [0.3, 0.4) is 0 Å². The first kappa shape index (κ1) is 7.59. The van der Waals surface area contributed by atoms with E-state index in [0.29, 0.717) is 11.4 Å². The van der Waals surface area contributed by atoms with Gasteiger partial charge < -0.3 is 5.11 Å². The lowest BCUT2D eigenvalue weighted by atomic mass is 10.2. The summed E-state index contributed by atoms with van der Waals surface area (Å²) in [6, 6.07) is 0. The highest BCUT2D eigenvalue weighted by atomic mass is 16.4. The smallest absolute Gasteiger partial charge is 0.309 e. The summed E-state index contributed by atoms with van der Waals surface area (Å²) in [5.74, 6) is -0.921. The van der Waals surface area contributed by atoms with Crippen molar-refractivity contribution in [1.82, 2.24) is 15.2 Å². The summed E-state index contributed by atoms with van der Waals surface area (Å²) in [6.07, 6.45) is 1.17. The van der Waals surface area contributed by atoms with Gasteiger partial charge in [-0.3, -0.25) is 4.79 Å². The third kappa shape index (κ3) is 1.96. The van der Waals surface area contributed by atoms with Crippen molar-refractivity contribution in [3.8, 4) is 0 Å². The standard InChI is InChI=1S/C6H7N3O2/c1-4-5(2-6(10)11)9-8-3-7-4/h3H,2H2,1H3,(H,10,11). The number of rotatable bonds is 2. The Kier molecular flexibility index (Phi) is 2.10. The van der Waals surface area contributed by atoms with Gasteiger partial charge in [-0.15, -0.1) is 5.10 Å². The second-order valence-corrected chi connectivity index (χ2v) is 2.06. The summed E-state index contributed by atoms with van der Waals surface area (Å²) in [7, 11) is 0. The van der Waals surface area contributed by atoms with Gasteiger partial charge in [0.25, 0.3) is 0 Å². The number of aliphatic carboxylic acids is 1. The first-order chi connectivity index (χ1) is 5.20. The Bertz CT molecular complexity index is 274. The van der Waals surface area contributed by atoms with Gasteiger partial charge in [0, 0.05) is 0 Å².